The number of fused-ring (bicyclic) bond motifs is 1. The number of likely N-dealkylation sites (tertiary alicyclic amines) is 1. The maximum Gasteiger partial charge on any atom is 0.326 e. The minimum Gasteiger partial charge on any atom is -0.456 e. The zero-order chi connectivity index (χ0) is 20.3. The van der Waals surface area contributed by atoms with E-state index in [0.29, 0.717) is 24.1 Å². The zero-order valence-corrected chi connectivity index (χ0v) is 15.6. The molecule has 148 valence electrons. The number of ether oxygens (including phenoxy) is 1. The highest BCUT2D eigenvalue weighted by molar-refractivity contribution is 6.07. The van der Waals surface area contributed by atoms with Crippen LogP contribution in [0.25, 0.3) is 0 Å². The van der Waals surface area contributed by atoms with E-state index in [1.165, 1.54) is 19.1 Å². The van der Waals surface area contributed by atoms with Crippen LogP contribution in [0.4, 0.5) is 5.69 Å². The molecule has 2 atom stereocenters. The lowest BCUT2D eigenvalue weighted by Gasteiger charge is -2.19. The standard InChI is InChI=1S/C20H22N2O6/c1-12(23)21-14-8-6-13(7-9-14)17(24)11-28-18(25)10-22-19(26)15-4-2-3-5-16(15)20(22)27/h6-9,15-16H,2-5,10-11H2,1H3,(H,21,23)/t15-,16-/m0/s1. The molecule has 1 aromatic carbocycles. The number of benzene rings is 1. The maximum absolute atomic E-state index is 12.4. The van der Waals surface area contributed by atoms with E-state index in [1.807, 2.05) is 0 Å². The normalized spacial score (nSPS) is 21.2. The molecule has 0 unspecified atom stereocenters. The minimum absolute atomic E-state index is 0.223. The van der Waals surface area contributed by atoms with E-state index in [-0.39, 0.29) is 29.6 Å². The number of carbonyl (C=O) groups excluding carboxylic acids is 5. The fraction of sp³-hybridized carbons (Fsp3) is 0.450. The van der Waals surface area contributed by atoms with Gasteiger partial charge in [0.25, 0.3) is 0 Å². The van der Waals surface area contributed by atoms with Crippen LogP contribution in [0.15, 0.2) is 24.3 Å². The number of ketones is 1. The molecule has 8 nitrogen and oxygen atoms in total. The van der Waals surface area contributed by atoms with Crippen LogP contribution in [0.1, 0.15) is 43.0 Å². The molecule has 1 N–H and O–H groups in total. The summed E-state index contributed by atoms with van der Waals surface area (Å²) < 4.78 is 4.96. The number of nitrogens with one attached hydrogen (secondary N) is 1. The van der Waals surface area contributed by atoms with Gasteiger partial charge in [0.2, 0.25) is 17.7 Å². The number of carbonyl (C=O) groups is 5. The number of hydrogen-bond acceptors (Lipinski definition) is 6. The average Bonchev–Trinajstić information content (AvgIpc) is 2.91. The summed E-state index contributed by atoms with van der Waals surface area (Å²) in [5.74, 6) is -2.70. The van der Waals surface area contributed by atoms with Crippen molar-refractivity contribution in [2.75, 3.05) is 18.5 Å². The van der Waals surface area contributed by atoms with Crippen molar-refractivity contribution >= 4 is 35.2 Å². The van der Waals surface area contributed by atoms with Gasteiger partial charge in [-0.15, -0.1) is 0 Å². The predicted molar refractivity (Wildman–Crippen MR) is 98.2 cm³/mol. The summed E-state index contributed by atoms with van der Waals surface area (Å²) in [5.41, 5.74) is 0.870. The van der Waals surface area contributed by atoms with Crippen molar-refractivity contribution in [2.24, 2.45) is 11.8 Å². The van der Waals surface area contributed by atoms with Crippen LogP contribution in [0, 0.1) is 11.8 Å². The van der Waals surface area contributed by atoms with Crippen molar-refractivity contribution in [1.82, 2.24) is 4.90 Å². The summed E-state index contributed by atoms with van der Waals surface area (Å²) in [6, 6.07) is 6.17. The fourth-order valence-corrected chi connectivity index (χ4v) is 3.73. The third-order valence-corrected chi connectivity index (χ3v) is 5.11. The van der Waals surface area contributed by atoms with Gasteiger partial charge < -0.3 is 10.1 Å². The zero-order valence-electron chi connectivity index (χ0n) is 15.6. The second-order valence-corrected chi connectivity index (χ2v) is 7.10. The third kappa shape index (κ3) is 4.27. The number of amides is 3. The lowest BCUT2D eigenvalue weighted by atomic mass is 9.81. The Morgan fingerprint density at radius 2 is 1.61 bits per heavy atom. The molecule has 1 saturated heterocycles. The highest BCUT2D eigenvalue weighted by Crippen LogP contribution is 2.37. The van der Waals surface area contributed by atoms with Crippen LogP contribution < -0.4 is 5.32 Å². The Morgan fingerprint density at radius 1 is 1.04 bits per heavy atom. The fourth-order valence-electron chi connectivity index (χ4n) is 3.73. The summed E-state index contributed by atoms with van der Waals surface area (Å²) in [4.78, 5) is 60.8. The van der Waals surface area contributed by atoms with Crippen LogP contribution in [0.3, 0.4) is 0 Å². The molecule has 1 aliphatic heterocycles. The van der Waals surface area contributed by atoms with Crippen LogP contribution in [0.2, 0.25) is 0 Å². The maximum atomic E-state index is 12.4. The van der Waals surface area contributed by atoms with Crippen molar-refractivity contribution in [3.63, 3.8) is 0 Å². The first-order valence-electron chi connectivity index (χ1n) is 9.28. The molecule has 0 spiro atoms. The molecule has 1 aromatic rings. The number of Topliss-reactive ketones (excluding diaryl/α,β-unsaturated/α-hetero) is 1. The molecule has 8 heteroatoms. The molecule has 0 radical (unpaired) electrons. The molecule has 1 saturated carbocycles. The second kappa shape index (κ2) is 8.33. The van der Waals surface area contributed by atoms with E-state index in [1.54, 1.807) is 12.1 Å². The summed E-state index contributed by atoms with van der Waals surface area (Å²) in [6.45, 7) is 0.435. The molecule has 0 aromatic heterocycles. The molecular formula is C20H22N2O6. The molecule has 28 heavy (non-hydrogen) atoms. The average molecular weight is 386 g/mol. The van der Waals surface area contributed by atoms with Gasteiger partial charge in [0.1, 0.15) is 6.54 Å². The third-order valence-electron chi connectivity index (χ3n) is 5.11. The van der Waals surface area contributed by atoms with Gasteiger partial charge in [0, 0.05) is 18.2 Å². The van der Waals surface area contributed by atoms with E-state index >= 15 is 0 Å². The van der Waals surface area contributed by atoms with E-state index in [9.17, 15) is 24.0 Å². The highest BCUT2D eigenvalue weighted by atomic mass is 16.5. The van der Waals surface area contributed by atoms with E-state index in [2.05, 4.69) is 5.32 Å². The molecule has 0 bridgehead atoms. The van der Waals surface area contributed by atoms with Gasteiger partial charge in [0.05, 0.1) is 11.8 Å². The van der Waals surface area contributed by atoms with Gasteiger partial charge in [-0.3, -0.25) is 28.9 Å². The number of esters is 1. The Kier molecular flexibility index (Phi) is 5.87. The van der Waals surface area contributed by atoms with Crippen LogP contribution in [-0.4, -0.2) is 47.5 Å². The van der Waals surface area contributed by atoms with Crippen LogP contribution in [0.5, 0.6) is 0 Å². The molecule has 2 aliphatic rings. The monoisotopic (exact) mass is 386 g/mol. The van der Waals surface area contributed by atoms with E-state index < -0.39 is 24.9 Å². The SMILES string of the molecule is CC(=O)Nc1ccc(C(=O)COC(=O)CN2C(=O)[C@H]3CCCC[C@@H]3C2=O)cc1. The van der Waals surface area contributed by atoms with Gasteiger partial charge in [0.15, 0.2) is 12.4 Å². The minimum atomic E-state index is -0.788. The van der Waals surface area contributed by atoms with Gasteiger partial charge in [-0.25, -0.2) is 0 Å². The van der Waals surface area contributed by atoms with Crippen LogP contribution in [-0.2, 0) is 23.9 Å². The Hall–Kier alpha value is -3.03. The first-order chi connectivity index (χ1) is 13.4. The molecule has 2 fully saturated rings. The Morgan fingerprint density at radius 3 is 2.14 bits per heavy atom. The smallest absolute Gasteiger partial charge is 0.326 e. The van der Waals surface area contributed by atoms with Crippen molar-refractivity contribution in [3.8, 4) is 0 Å². The number of anilines is 1. The number of nitrogens with zero attached hydrogens (tertiary/aromatic N) is 1. The van der Waals surface area contributed by atoms with Crippen molar-refractivity contribution in [1.29, 1.82) is 0 Å². The summed E-state index contributed by atoms with van der Waals surface area (Å²) >= 11 is 0. The Bertz CT molecular complexity index is 792. The molecule has 1 aliphatic carbocycles. The molecular weight excluding hydrogens is 364 g/mol. The Labute approximate surface area is 162 Å². The Balaban J connectivity index is 1.51. The quantitative estimate of drug-likeness (QED) is 0.451. The van der Waals surface area contributed by atoms with Gasteiger partial charge in [-0.1, -0.05) is 12.8 Å². The van der Waals surface area contributed by atoms with Crippen molar-refractivity contribution in [2.45, 2.75) is 32.6 Å². The van der Waals surface area contributed by atoms with Gasteiger partial charge in [-0.05, 0) is 37.1 Å². The van der Waals surface area contributed by atoms with E-state index in [0.717, 1.165) is 17.7 Å². The molecule has 3 rings (SSSR count). The van der Waals surface area contributed by atoms with E-state index in [4.69, 9.17) is 4.74 Å². The first kappa shape index (κ1) is 19.7. The lowest BCUT2D eigenvalue weighted by Crippen LogP contribution is -2.37. The van der Waals surface area contributed by atoms with Crippen molar-refractivity contribution < 1.29 is 28.7 Å². The summed E-state index contributed by atoms with van der Waals surface area (Å²) in [7, 11) is 0. The summed E-state index contributed by atoms with van der Waals surface area (Å²) in [6.07, 6.45) is 3.17. The summed E-state index contributed by atoms with van der Waals surface area (Å²) in [5, 5.41) is 2.59. The largest absolute Gasteiger partial charge is 0.456 e. The van der Waals surface area contributed by atoms with Crippen LogP contribution >= 0.6 is 0 Å². The lowest BCUT2D eigenvalue weighted by molar-refractivity contribution is -0.152. The highest BCUT2D eigenvalue weighted by Gasteiger charge is 2.48. The predicted octanol–water partition coefficient (Wildman–Crippen LogP) is 1.55. The number of rotatable bonds is 6. The first-order valence-corrected chi connectivity index (χ1v) is 9.28. The van der Waals surface area contributed by atoms with Gasteiger partial charge in [-0.2, -0.15) is 0 Å². The number of imide groups is 1. The molecule has 1 heterocycles. The number of hydrogen-bond donors (Lipinski definition) is 1. The second-order valence-electron chi connectivity index (χ2n) is 7.10. The topological polar surface area (TPSA) is 110 Å². The van der Waals surface area contributed by atoms with Crippen molar-refractivity contribution in [3.05, 3.63) is 29.8 Å². The molecule has 3 amide bonds. The van der Waals surface area contributed by atoms with Gasteiger partial charge >= 0.3 is 5.97 Å².